The Bertz CT molecular complexity index is 629. The second kappa shape index (κ2) is 8.26. The molecule has 0 bridgehead atoms. The molecule has 0 aliphatic rings. The minimum Gasteiger partial charge on any atom is -0.476 e. The molecule has 2 aromatic heterocycles. The number of carbonyl (C=O) groups is 1. The Hall–Kier alpha value is -1.44. The van der Waals surface area contributed by atoms with Crippen LogP contribution in [0.1, 0.15) is 47.4 Å². The zero-order valence-electron chi connectivity index (χ0n) is 12.4. The van der Waals surface area contributed by atoms with Gasteiger partial charge in [0.15, 0.2) is 10.8 Å². The van der Waals surface area contributed by atoms with Crippen LogP contribution in [0, 0.1) is 5.13 Å². The molecule has 1 atom stereocenters. The first-order valence-electron chi connectivity index (χ1n) is 6.78. The highest BCUT2D eigenvalue weighted by molar-refractivity contribution is 7.10. The number of aromatic carboxylic acids is 1. The van der Waals surface area contributed by atoms with Crippen LogP contribution in [-0.4, -0.2) is 20.9 Å². The van der Waals surface area contributed by atoms with Crippen LogP contribution in [0.15, 0.2) is 18.2 Å². The van der Waals surface area contributed by atoms with Gasteiger partial charge in [0.05, 0.1) is 5.69 Å². The monoisotopic (exact) mass is 347 g/mol. The lowest BCUT2D eigenvalue weighted by Gasteiger charge is -2.13. The number of thiophene rings is 1. The lowest BCUT2D eigenvalue weighted by atomic mass is 10.2. The van der Waals surface area contributed by atoms with Gasteiger partial charge in [0.25, 0.3) is 0 Å². The molecule has 8 heteroatoms. The average molecular weight is 348 g/mol. The Morgan fingerprint density at radius 2 is 2.23 bits per heavy atom. The minimum absolute atomic E-state index is 0. The Kier molecular flexibility index (Phi) is 6.99. The molecule has 2 rings (SSSR count). The Balaban J connectivity index is 0.00000242. The van der Waals surface area contributed by atoms with Gasteiger partial charge in [-0.05, 0) is 31.5 Å². The highest BCUT2D eigenvalue weighted by atomic mass is 35.5. The van der Waals surface area contributed by atoms with E-state index in [1.165, 1.54) is 6.07 Å². The predicted molar refractivity (Wildman–Crippen MR) is 86.3 cm³/mol. The van der Waals surface area contributed by atoms with Gasteiger partial charge in [-0.25, -0.2) is 4.79 Å². The van der Waals surface area contributed by atoms with Crippen molar-refractivity contribution >= 4 is 29.7 Å². The molecular formula is C14H19ClFN3O2S. The molecule has 2 aromatic rings. The van der Waals surface area contributed by atoms with Gasteiger partial charge in [-0.15, -0.1) is 23.7 Å². The number of nitrogens with one attached hydrogen (secondary N) is 1. The Labute approximate surface area is 138 Å². The number of hydrogen-bond donors (Lipinski definition) is 2. The standard InChI is InChI=1S/C14H18FN3O2S.ClH/c1-3-9(2)18-10(6-12(17-18)14(19)20)7-16-8-11-4-5-13(15)21-11;/h4-6,9,16H,3,7-8H2,1-2H3,(H,19,20);1H. The minimum atomic E-state index is -1.03. The van der Waals surface area contributed by atoms with Crippen molar-refractivity contribution in [1.82, 2.24) is 15.1 Å². The van der Waals surface area contributed by atoms with E-state index in [-0.39, 0.29) is 29.3 Å². The van der Waals surface area contributed by atoms with Crippen LogP contribution in [0.2, 0.25) is 0 Å². The Morgan fingerprint density at radius 1 is 1.50 bits per heavy atom. The number of hydrogen-bond acceptors (Lipinski definition) is 4. The largest absolute Gasteiger partial charge is 0.476 e. The molecule has 1 unspecified atom stereocenters. The summed E-state index contributed by atoms with van der Waals surface area (Å²) in [6, 6.07) is 4.89. The summed E-state index contributed by atoms with van der Waals surface area (Å²) in [5, 5.41) is 16.2. The third-order valence-electron chi connectivity index (χ3n) is 3.27. The lowest BCUT2D eigenvalue weighted by Crippen LogP contribution is -2.17. The van der Waals surface area contributed by atoms with Gasteiger partial charge in [0.2, 0.25) is 0 Å². The highest BCUT2D eigenvalue weighted by Crippen LogP contribution is 2.16. The van der Waals surface area contributed by atoms with Gasteiger partial charge in [-0.2, -0.15) is 9.49 Å². The fourth-order valence-corrected chi connectivity index (χ4v) is 2.68. The first-order chi connectivity index (χ1) is 10.0. The highest BCUT2D eigenvalue weighted by Gasteiger charge is 2.16. The van der Waals surface area contributed by atoms with Crippen molar-refractivity contribution in [2.24, 2.45) is 0 Å². The molecule has 0 amide bonds. The van der Waals surface area contributed by atoms with E-state index in [4.69, 9.17) is 5.11 Å². The molecule has 5 nitrogen and oxygen atoms in total. The van der Waals surface area contributed by atoms with Crippen LogP contribution < -0.4 is 5.32 Å². The summed E-state index contributed by atoms with van der Waals surface area (Å²) in [5.74, 6) is -1.03. The van der Waals surface area contributed by atoms with Crippen molar-refractivity contribution in [2.45, 2.75) is 39.4 Å². The van der Waals surface area contributed by atoms with Gasteiger partial charge in [0, 0.05) is 24.0 Å². The molecule has 0 saturated heterocycles. The molecule has 0 aliphatic carbocycles. The number of carboxylic acid groups (broad SMARTS) is 1. The number of nitrogens with zero attached hydrogens (tertiary/aromatic N) is 2. The topological polar surface area (TPSA) is 67.2 Å². The molecule has 0 aliphatic heterocycles. The van der Waals surface area contributed by atoms with Gasteiger partial charge in [0.1, 0.15) is 0 Å². The maximum Gasteiger partial charge on any atom is 0.356 e. The molecule has 0 saturated carbocycles. The lowest BCUT2D eigenvalue weighted by molar-refractivity contribution is 0.0689. The van der Waals surface area contributed by atoms with Crippen LogP contribution in [0.5, 0.6) is 0 Å². The second-order valence-corrected chi connectivity index (χ2v) is 5.96. The fraction of sp³-hybridized carbons (Fsp3) is 0.429. The summed E-state index contributed by atoms with van der Waals surface area (Å²) in [4.78, 5) is 11.9. The van der Waals surface area contributed by atoms with Gasteiger partial charge in [-0.1, -0.05) is 6.92 Å². The quantitative estimate of drug-likeness (QED) is 0.804. The molecule has 2 N–H and O–H groups in total. The summed E-state index contributed by atoms with van der Waals surface area (Å²) in [6.07, 6.45) is 0.865. The zero-order valence-corrected chi connectivity index (χ0v) is 14.0. The predicted octanol–water partition coefficient (Wildman–Crippen LogP) is 3.46. The third kappa shape index (κ3) is 4.53. The van der Waals surface area contributed by atoms with E-state index in [9.17, 15) is 9.18 Å². The third-order valence-corrected chi connectivity index (χ3v) is 4.15. The first-order valence-corrected chi connectivity index (χ1v) is 7.59. The fourth-order valence-electron chi connectivity index (χ4n) is 1.98. The van der Waals surface area contributed by atoms with Crippen molar-refractivity contribution in [2.75, 3.05) is 0 Å². The van der Waals surface area contributed by atoms with E-state index in [1.807, 2.05) is 13.8 Å². The maximum atomic E-state index is 12.9. The SMILES string of the molecule is CCC(C)n1nc(C(=O)O)cc1CNCc1ccc(F)s1.Cl. The maximum absolute atomic E-state index is 12.9. The van der Waals surface area contributed by atoms with E-state index in [2.05, 4.69) is 10.4 Å². The van der Waals surface area contributed by atoms with E-state index in [0.29, 0.717) is 13.1 Å². The second-order valence-electron chi connectivity index (χ2n) is 4.84. The first kappa shape index (κ1) is 18.6. The van der Waals surface area contributed by atoms with Crippen molar-refractivity contribution in [3.63, 3.8) is 0 Å². The molecule has 22 heavy (non-hydrogen) atoms. The summed E-state index contributed by atoms with van der Waals surface area (Å²) >= 11 is 1.10. The van der Waals surface area contributed by atoms with E-state index >= 15 is 0 Å². The van der Waals surface area contributed by atoms with Crippen molar-refractivity contribution < 1.29 is 14.3 Å². The molecule has 122 valence electrons. The molecule has 2 heterocycles. The van der Waals surface area contributed by atoms with Crippen molar-refractivity contribution in [1.29, 1.82) is 0 Å². The van der Waals surface area contributed by atoms with Crippen molar-refractivity contribution in [3.05, 3.63) is 39.6 Å². The van der Waals surface area contributed by atoms with Crippen LogP contribution in [0.25, 0.3) is 0 Å². The molecule has 0 radical (unpaired) electrons. The smallest absolute Gasteiger partial charge is 0.356 e. The molecule has 0 aromatic carbocycles. The van der Waals surface area contributed by atoms with Gasteiger partial charge < -0.3 is 10.4 Å². The summed E-state index contributed by atoms with van der Waals surface area (Å²) in [7, 11) is 0. The van der Waals surface area contributed by atoms with E-state index in [1.54, 1.807) is 16.8 Å². The summed E-state index contributed by atoms with van der Waals surface area (Å²) in [6.45, 7) is 5.06. The molecule has 0 spiro atoms. The zero-order chi connectivity index (χ0) is 15.4. The van der Waals surface area contributed by atoms with Crippen LogP contribution in [0.3, 0.4) is 0 Å². The van der Waals surface area contributed by atoms with E-state index in [0.717, 1.165) is 28.3 Å². The van der Waals surface area contributed by atoms with Crippen molar-refractivity contribution in [3.8, 4) is 0 Å². The normalized spacial score (nSPS) is 12.0. The average Bonchev–Trinajstić information content (AvgIpc) is 3.05. The number of rotatable bonds is 7. The Morgan fingerprint density at radius 3 is 2.77 bits per heavy atom. The molecule has 0 fully saturated rings. The number of aromatic nitrogens is 2. The van der Waals surface area contributed by atoms with Gasteiger partial charge in [-0.3, -0.25) is 4.68 Å². The number of carboxylic acids is 1. The number of halogens is 2. The van der Waals surface area contributed by atoms with Gasteiger partial charge >= 0.3 is 5.97 Å². The summed E-state index contributed by atoms with van der Waals surface area (Å²) in [5.41, 5.74) is 0.869. The van der Waals surface area contributed by atoms with E-state index < -0.39 is 5.97 Å². The van der Waals surface area contributed by atoms with Crippen LogP contribution in [-0.2, 0) is 13.1 Å². The van der Waals surface area contributed by atoms with Crippen LogP contribution >= 0.6 is 23.7 Å². The van der Waals surface area contributed by atoms with Crippen LogP contribution in [0.4, 0.5) is 4.39 Å². The molecular weight excluding hydrogens is 329 g/mol. The summed E-state index contributed by atoms with van der Waals surface area (Å²) < 4.78 is 14.6.